The summed E-state index contributed by atoms with van der Waals surface area (Å²) in [4.78, 5) is 11.5. The first kappa shape index (κ1) is 14.2. The largest absolute Gasteiger partial charge is 0.366 e. The molecule has 8 heteroatoms. The molecule has 0 aliphatic carbocycles. The molecule has 8 nitrogen and oxygen atoms in total. The fourth-order valence-electron chi connectivity index (χ4n) is 2.59. The molecule has 0 saturated heterocycles. The Balaban J connectivity index is 1.71. The number of nitrogens with zero attached hydrogens (tertiary/aromatic N) is 5. The average Bonchev–Trinajstić information content (AvgIpc) is 3.22. The standard InChI is InChI=1S/C16H15N7O/c1-11-15(14-4-2-3-9-22(14)20-11)13-6-8-18-16(19-13)21-23(24)12-5-7-17-10-12/h2-10,17,24H,1H3,(H,18,19,21). The number of hydrogen-bond donors (Lipinski definition) is 3. The Morgan fingerprint density at radius 1 is 1.25 bits per heavy atom. The molecular formula is C16H15N7O. The van der Waals surface area contributed by atoms with Crippen LogP contribution in [0.1, 0.15) is 5.69 Å². The molecular weight excluding hydrogens is 306 g/mol. The Morgan fingerprint density at radius 3 is 3.00 bits per heavy atom. The number of H-pyrrole nitrogens is 1. The summed E-state index contributed by atoms with van der Waals surface area (Å²) in [5, 5.41) is 15.4. The van der Waals surface area contributed by atoms with Gasteiger partial charge < -0.3 is 4.98 Å². The predicted molar refractivity (Wildman–Crippen MR) is 89.6 cm³/mol. The summed E-state index contributed by atoms with van der Waals surface area (Å²) in [5.74, 6) is 0.283. The van der Waals surface area contributed by atoms with E-state index in [0.29, 0.717) is 5.69 Å². The molecule has 4 rings (SSSR count). The lowest BCUT2D eigenvalue weighted by atomic mass is 10.1. The van der Waals surface area contributed by atoms with Crippen molar-refractivity contribution < 1.29 is 5.21 Å². The van der Waals surface area contributed by atoms with Gasteiger partial charge in [0.15, 0.2) is 0 Å². The number of aryl methyl sites for hydroxylation is 1. The highest BCUT2D eigenvalue weighted by molar-refractivity contribution is 5.80. The van der Waals surface area contributed by atoms with Crippen molar-refractivity contribution >= 4 is 17.2 Å². The fraction of sp³-hybridized carbons (Fsp3) is 0.0625. The van der Waals surface area contributed by atoms with Crippen LogP contribution in [0.5, 0.6) is 0 Å². The van der Waals surface area contributed by atoms with Crippen LogP contribution in [0.4, 0.5) is 11.6 Å². The maximum Gasteiger partial charge on any atom is 0.244 e. The summed E-state index contributed by atoms with van der Waals surface area (Å²) >= 11 is 0. The van der Waals surface area contributed by atoms with Gasteiger partial charge in [-0.3, -0.25) is 5.21 Å². The maximum atomic E-state index is 10.0. The molecule has 4 aromatic heterocycles. The molecule has 0 aliphatic rings. The first-order valence-corrected chi connectivity index (χ1v) is 7.38. The second-order valence-corrected chi connectivity index (χ2v) is 5.25. The SMILES string of the molecule is Cc1nn2ccccc2c1-c1ccnc(NN(O)c2cc[nH]c2)n1. The molecule has 0 spiro atoms. The zero-order valence-corrected chi connectivity index (χ0v) is 12.9. The van der Waals surface area contributed by atoms with Gasteiger partial charge in [0.05, 0.1) is 16.9 Å². The molecule has 0 fully saturated rings. The average molecular weight is 321 g/mol. The number of pyridine rings is 1. The normalized spacial score (nSPS) is 10.9. The number of aromatic amines is 1. The van der Waals surface area contributed by atoms with E-state index in [1.165, 1.54) is 0 Å². The summed E-state index contributed by atoms with van der Waals surface area (Å²) < 4.78 is 1.82. The van der Waals surface area contributed by atoms with Gasteiger partial charge in [0, 0.05) is 30.4 Å². The van der Waals surface area contributed by atoms with Crippen LogP contribution >= 0.6 is 0 Å². The van der Waals surface area contributed by atoms with Crippen LogP contribution < -0.4 is 10.6 Å². The van der Waals surface area contributed by atoms with Crippen LogP contribution in [0.2, 0.25) is 0 Å². The van der Waals surface area contributed by atoms with Gasteiger partial charge in [-0.2, -0.15) is 10.3 Å². The van der Waals surface area contributed by atoms with E-state index in [-0.39, 0.29) is 5.95 Å². The molecule has 24 heavy (non-hydrogen) atoms. The van der Waals surface area contributed by atoms with Crippen LogP contribution in [-0.2, 0) is 0 Å². The van der Waals surface area contributed by atoms with E-state index in [4.69, 9.17) is 0 Å². The number of hydrazine groups is 1. The third kappa shape index (κ3) is 2.44. The van der Waals surface area contributed by atoms with Gasteiger partial charge in [-0.25, -0.2) is 19.9 Å². The third-order valence-corrected chi connectivity index (χ3v) is 3.66. The van der Waals surface area contributed by atoms with Crippen LogP contribution in [0.25, 0.3) is 16.8 Å². The highest BCUT2D eigenvalue weighted by Crippen LogP contribution is 2.26. The van der Waals surface area contributed by atoms with E-state index < -0.39 is 0 Å². The van der Waals surface area contributed by atoms with Gasteiger partial charge in [-0.1, -0.05) is 6.07 Å². The van der Waals surface area contributed by atoms with Crippen LogP contribution in [0.15, 0.2) is 55.1 Å². The molecule has 0 amide bonds. The molecule has 0 unspecified atom stereocenters. The summed E-state index contributed by atoms with van der Waals surface area (Å²) in [6, 6.07) is 9.41. The van der Waals surface area contributed by atoms with Gasteiger partial charge in [0.1, 0.15) is 5.69 Å². The zero-order chi connectivity index (χ0) is 16.5. The minimum atomic E-state index is 0.283. The van der Waals surface area contributed by atoms with Crippen molar-refractivity contribution in [3.8, 4) is 11.3 Å². The monoisotopic (exact) mass is 321 g/mol. The lowest BCUT2D eigenvalue weighted by molar-refractivity contribution is 0.276. The number of nitrogens with one attached hydrogen (secondary N) is 2. The van der Waals surface area contributed by atoms with Crippen molar-refractivity contribution in [1.29, 1.82) is 0 Å². The Kier molecular flexibility index (Phi) is 3.36. The molecule has 0 aromatic carbocycles. The van der Waals surface area contributed by atoms with Gasteiger partial charge >= 0.3 is 0 Å². The maximum absolute atomic E-state index is 10.0. The zero-order valence-electron chi connectivity index (χ0n) is 12.9. The first-order valence-electron chi connectivity index (χ1n) is 7.38. The van der Waals surface area contributed by atoms with E-state index in [2.05, 4.69) is 25.5 Å². The highest BCUT2D eigenvalue weighted by atomic mass is 16.5. The second kappa shape index (κ2) is 5.67. The topological polar surface area (TPSA) is 94.4 Å². The van der Waals surface area contributed by atoms with Crippen molar-refractivity contribution in [2.24, 2.45) is 0 Å². The molecule has 120 valence electrons. The van der Waals surface area contributed by atoms with E-state index in [9.17, 15) is 5.21 Å². The van der Waals surface area contributed by atoms with Crippen molar-refractivity contribution in [2.75, 3.05) is 10.6 Å². The van der Waals surface area contributed by atoms with Gasteiger partial charge in [0.25, 0.3) is 0 Å². The quantitative estimate of drug-likeness (QED) is 0.500. The predicted octanol–water partition coefficient (Wildman–Crippen LogP) is 2.65. The van der Waals surface area contributed by atoms with Crippen LogP contribution in [0, 0.1) is 6.92 Å². The molecule has 3 N–H and O–H groups in total. The molecule has 0 bridgehead atoms. The summed E-state index contributed by atoms with van der Waals surface area (Å²) in [7, 11) is 0. The Labute approximate surface area is 137 Å². The highest BCUT2D eigenvalue weighted by Gasteiger charge is 2.14. The van der Waals surface area contributed by atoms with E-state index in [1.54, 1.807) is 24.7 Å². The van der Waals surface area contributed by atoms with Crippen LogP contribution in [0.3, 0.4) is 0 Å². The van der Waals surface area contributed by atoms with Crippen molar-refractivity contribution in [2.45, 2.75) is 6.92 Å². The van der Waals surface area contributed by atoms with Gasteiger partial charge in [-0.05, 0) is 31.2 Å². The van der Waals surface area contributed by atoms with Crippen molar-refractivity contribution in [1.82, 2.24) is 24.6 Å². The summed E-state index contributed by atoms with van der Waals surface area (Å²) in [5.41, 5.74) is 6.79. The van der Waals surface area contributed by atoms with Crippen molar-refractivity contribution in [3.05, 3.63) is 60.8 Å². The van der Waals surface area contributed by atoms with E-state index in [0.717, 1.165) is 27.6 Å². The minimum absolute atomic E-state index is 0.283. The molecule has 4 heterocycles. The summed E-state index contributed by atoms with van der Waals surface area (Å²) in [6.07, 6.45) is 6.89. The number of fused-ring (bicyclic) bond motifs is 1. The molecule has 0 atom stereocenters. The number of aromatic nitrogens is 5. The first-order chi connectivity index (χ1) is 11.7. The summed E-state index contributed by atoms with van der Waals surface area (Å²) in [6.45, 7) is 1.94. The Morgan fingerprint density at radius 2 is 2.17 bits per heavy atom. The lowest BCUT2D eigenvalue weighted by Crippen LogP contribution is -2.26. The minimum Gasteiger partial charge on any atom is -0.366 e. The Hall–Kier alpha value is -3.39. The number of anilines is 2. The fourth-order valence-corrected chi connectivity index (χ4v) is 2.59. The van der Waals surface area contributed by atoms with Gasteiger partial charge in [0.2, 0.25) is 5.95 Å². The molecule has 0 saturated carbocycles. The third-order valence-electron chi connectivity index (χ3n) is 3.66. The molecule has 0 aliphatic heterocycles. The lowest BCUT2D eigenvalue weighted by Gasteiger charge is -2.16. The second-order valence-electron chi connectivity index (χ2n) is 5.25. The Bertz CT molecular complexity index is 977. The van der Waals surface area contributed by atoms with E-state index in [1.807, 2.05) is 41.9 Å². The van der Waals surface area contributed by atoms with E-state index >= 15 is 0 Å². The van der Waals surface area contributed by atoms with Crippen LogP contribution in [-0.4, -0.2) is 29.8 Å². The van der Waals surface area contributed by atoms with Gasteiger partial charge in [-0.15, -0.1) is 0 Å². The molecule has 0 radical (unpaired) electrons. The number of hydrogen-bond acceptors (Lipinski definition) is 6. The number of rotatable bonds is 4. The van der Waals surface area contributed by atoms with Crippen molar-refractivity contribution in [3.63, 3.8) is 0 Å². The molecule has 4 aromatic rings. The smallest absolute Gasteiger partial charge is 0.244 e.